The predicted octanol–water partition coefficient (Wildman–Crippen LogP) is 5.14. The van der Waals surface area contributed by atoms with E-state index in [-0.39, 0.29) is 10.8 Å². The number of aromatic nitrogens is 2. The summed E-state index contributed by atoms with van der Waals surface area (Å²) in [5.41, 5.74) is 2.34. The topological polar surface area (TPSA) is 68.5 Å². The Balaban J connectivity index is 2.23. The van der Waals surface area contributed by atoms with Gasteiger partial charge in [-0.1, -0.05) is 64.9 Å². The zero-order chi connectivity index (χ0) is 19.5. The first-order valence-corrected chi connectivity index (χ1v) is 8.67. The fourth-order valence-electron chi connectivity index (χ4n) is 2.12. The molecular formula is C20H28N4O2. The van der Waals surface area contributed by atoms with E-state index in [1.807, 2.05) is 68.8 Å². The zero-order valence-corrected chi connectivity index (χ0v) is 16.6. The number of carbonyl (C=O) groups excluding carboxylic acids is 1. The maximum absolute atomic E-state index is 12.1. The molecule has 6 nitrogen and oxygen atoms in total. The summed E-state index contributed by atoms with van der Waals surface area (Å²) < 4.78 is 1.83. The molecule has 2 rings (SSSR count). The van der Waals surface area contributed by atoms with Crippen LogP contribution in [-0.4, -0.2) is 21.6 Å². The number of nitrogens with zero attached hydrogens (tertiary/aromatic N) is 3. The van der Waals surface area contributed by atoms with Gasteiger partial charge in [0.2, 0.25) is 0 Å². The summed E-state index contributed by atoms with van der Waals surface area (Å²) in [6.45, 7) is 14.1. The van der Waals surface area contributed by atoms with Gasteiger partial charge in [-0.3, -0.25) is 10.2 Å². The molecular weight excluding hydrogens is 328 g/mol. The number of nitrogens with one attached hydrogen (secondary N) is 1. The van der Waals surface area contributed by atoms with Crippen LogP contribution in [0.3, 0.4) is 0 Å². The second-order valence-electron chi connectivity index (χ2n) is 8.34. The summed E-state index contributed by atoms with van der Waals surface area (Å²) in [5, 5.41) is 11.1. The van der Waals surface area contributed by atoms with Crippen molar-refractivity contribution in [3.63, 3.8) is 0 Å². The molecule has 0 aliphatic rings. The molecule has 2 aromatic rings. The Morgan fingerprint density at radius 1 is 1.12 bits per heavy atom. The van der Waals surface area contributed by atoms with Crippen LogP contribution in [0.5, 0.6) is 0 Å². The van der Waals surface area contributed by atoms with Crippen LogP contribution in [0.4, 0.5) is 10.6 Å². The standard InChI is InChI=1S/C20H28N4O2/c1-14(19(2,3)4)23-26-18(25)21-17-13-16(20(5,6)7)24(22-17)15-11-9-8-10-12-15/h8-13H,1-7H3,(H,21,22,25)/b23-14+. The molecule has 26 heavy (non-hydrogen) atoms. The van der Waals surface area contributed by atoms with E-state index in [1.165, 1.54) is 0 Å². The van der Waals surface area contributed by atoms with E-state index in [9.17, 15) is 4.79 Å². The minimum absolute atomic E-state index is 0.145. The van der Waals surface area contributed by atoms with Crippen molar-refractivity contribution in [1.29, 1.82) is 0 Å². The Morgan fingerprint density at radius 2 is 1.73 bits per heavy atom. The number of rotatable bonds is 3. The monoisotopic (exact) mass is 356 g/mol. The smallest absolute Gasteiger partial charge is 0.298 e. The second-order valence-corrected chi connectivity index (χ2v) is 8.34. The molecule has 1 amide bonds. The molecule has 0 aliphatic carbocycles. The van der Waals surface area contributed by atoms with Crippen molar-refractivity contribution in [2.24, 2.45) is 10.6 Å². The van der Waals surface area contributed by atoms with Crippen molar-refractivity contribution >= 4 is 17.6 Å². The normalized spacial score (nSPS) is 12.8. The lowest BCUT2D eigenvalue weighted by Gasteiger charge is -2.19. The van der Waals surface area contributed by atoms with E-state index < -0.39 is 6.09 Å². The lowest BCUT2D eigenvalue weighted by molar-refractivity contribution is 0.165. The number of amides is 1. The van der Waals surface area contributed by atoms with Crippen molar-refractivity contribution in [1.82, 2.24) is 9.78 Å². The molecule has 1 N–H and O–H groups in total. The number of hydrogen-bond acceptors (Lipinski definition) is 4. The van der Waals surface area contributed by atoms with Crippen molar-refractivity contribution in [2.45, 2.75) is 53.9 Å². The van der Waals surface area contributed by atoms with Gasteiger partial charge in [0.15, 0.2) is 5.82 Å². The molecule has 0 fully saturated rings. The van der Waals surface area contributed by atoms with Crippen LogP contribution in [0.1, 0.15) is 54.2 Å². The number of hydrogen-bond donors (Lipinski definition) is 1. The summed E-state index contributed by atoms with van der Waals surface area (Å²) >= 11 is 0. The van der Waals surface area contributed by atoms with Crippen LogP contribution in [0.2, 0.25) is 0 Å². The van der Waals surface area contributed by atoms with Gasteiger partial charge in [0.05, 0.1) is 17.1 Å². The van der Waals surface area contributed by atoms with Gasteiger partial charge < -0.3 is 0 Å². The molecule has 0 atom stereocenters. The van der Waals surface area contributed by atoms with Crippen LogP contribution in [0, 0.1) is 5.41 Å². The first-order valence-electron chi connectivity index (χ1n) is 8.67. The largest absolute Gasteiger partial charge is 0.439 e. The third-order valence-electron chi connectivity index (χ3n) is 4.06. The molecule has 1 aromatic heterocycles. The fraction of sp³-hybridized carbons (Fsp3) is 0.450. The number of benzene rings is 1. The van der Waals surface area contributed by atoms with Crippen LogP contribution < -0.4 is 5.32 Å². The van der Waals surface area contributed by atoms with Crippen LogP contribution in [-0.2, 0) is 10.3 Å². The first kappa shape index (κ1) is 19.7. The zero-order valence-electron chi connectivity index (χ0n) is 16.6. The van der Waals surface area contributed by atoms with Crippen LogP contribution >= 0.6 is 0 Å². The Morgan fingerprint density at radius 3 is 2.27 bits per heavy atom. The van der Waals surface area contributed by atoms with Crippen molar-refractivity contribution in [3.05, 3.63) is 42.1 Å². The van der Waals surface area contributed by atoms with E-state index in [0.717, 1.165) is 17.1 Å². The number of para-hydroxylation sites is 1. The predicted molar refractivity (Wildman–Crippen MR) is 105 cm³/mol. The minimum Gasteiger partial charge on any atom is -0.298 e. The lowest BCUT2D eigenvalue weighted by Crippen LogP contribution is -2.19. The first-order chi connectivity index (χ1) is 12.0. The molecule has 0 aliphatic heterocycles. The van der Waals surface area contributed by atoms with Gasteiger partial charge in [-0.25, -0.2) is 9.48 Å². The molecule has 0 saturated heterocycles. The van der Waals surface area contributed by atoms with Gasteiger partial charge in [-0.15, -0.1) is 5.10 Å². The molecule has 1 aromatic carbocycles. The molecule has 0 saturated carbocycles. The molecule has 6 heteroatoms. The average molecular weight is 356 g/mol. The van der Waals surface area contributed by atoms with E-state index in [1.54, 1.807) is 0 Å². The molecule has 0 spiro atoms. The highest BCUT2D eigenvalue weighted by molar-refractivity contribution is 5.88. The van der Waals surface area contributed by atoms with Crippen LogP contribution in [0.15, 0.2) is 41.6 Å². The summed E-state index contributed by atoms with van der Waals surface area (Å²) in [5.74, 6) is 0.424. The van der Waals surface area contributed by atoms with Gasteiger partial charge in [-0.2, -0.15) is 0 Å². The number of carbonyl (C=O) groups is 1. The number of oxime groups is 1. The Labute approximate surface area is 155 Å². The average Bonchev–Trinajstić information content (AvgIpc) is 2.96. The van der Waals surface area contributed by atoms with Gasteiger partial charge in [0.1, 0.15) is 0 Å². The summed E-state index contributed by atoms with van der Waals surface area (Å²) in [6.07, 6.45) is -0.660. The Hall–Kier alpha value is -2.63. The van der Waals surface area contributed by atoms with Crippen molar-refractivity contribution in [2.75, 3.05) is 5.32 Å². The number of anilines is 1. The highest BCUT2D eigenvalue weighted by atomic mass is 16.7. The SMILES string of the molecule is C/C(=N\OC(=O)Nc1cc(C(C)(C)C)n(-c2ccccc2)n1)C(C)(C)C. The van der Waals surface area contributed by atoms with Gasteiger partial charge in [-0.05, 0) is 19.1 Å². The molecule has 0 unspecified atom stereocenters. The van der Waals surface area contributed by atoms with Crippen LogP contribution in [0.25, 0.3) is 5.69 Å². The van der Waals surface area contributed by atoms with E-state index in [4.69, 9.17) is 4.84 Å². The van der Waals surface area contributed by atoms with E-state index in [2.05, 4.69) is 36.3 Å². The second kappa shape index (κ2) is 7.32. The van der Waals surface area contributed by atoms with Gasteiger partial charge in [0, 0.05) is 16.9 Å². The van der Waals surface area contributed by atoms with Gasteiger partial charge in [0.25, 0.3) is 0 Å². The molecule has 0 radical (unpaired) electrons. The minimum atomic E-state index is -0.660. The molecule has 1 heterocycles. The maximum atomic E-state index is 12.1. The molecule has 0 bridgehead atoms. The maximum Gasteiger partial charge on any atom is 0.439 e. The summed E-state index contributed by atoms with van der Waals surface area (Å²) in [4.78, 5) is 17.0. The van der Waals surface area contributed by atoms with Crippen molar-refractivity contribution in [3.8, 4) is 5.69 Å². The Bertz CT molecular complexity index is 793. The third kappa shape index (κ3) is 4.94. The van der Waals surface area contributed by atoms with Gasteiger partial charge >= 0.3 is 6.09 Å². The Kier molecular flexibility index (Phi) is 5.54. The van der Waals surface area contributed by atoms with E-state index in [0.29, 0.717) is 5.82 Å². The van der Waals surface area contributed by atoms with Crippen molar-refractivity contribution < 1.29 is 9.63 Å². The fourth-order valence-corrected chi connectivity index (χ4v) is 2.12. The highest BCUT2D eigenvalue weighted by Gasteiger charge is 2.23. The highest BCUT2D eigenvalue weighted by Crippen LogP contribution is 2.27. The molecule has 140 valence electrons. The third-order valence-corrected chi connectivity index (χ3v) is 4.06. The lowest BCUT2D eigenvalue weighted by atomic mass is 9.91. The quantitative estimate of drug-likeness (QED) is 0.470. The summed E-state index contributed by atoms with van der Waals surface area (Å²) in [7, 11) is 0. The summed E-state index contributed by atoms with van der Waals surface area (Å²) in [6, 6.07) is 11.7. The van der Waals surface area contributed by atoms with E-state index >= 15 is 0 Å².